The normalized spacial score (nSPS) is 17.7. The van der Waals surface area contributed by atoms with Crippen molar-refractivity contribution in [1.82, 2.24) is 5.32 Å². The number of rotatable bonds is 2. The van der Waals surface area contributed by atoms with E-state index >= 15 is 0 Å². The summed E-state index contributed by atoms with van der Waals surface area (Å²) in [5.74, 6) is 7.50. The second-order valence-corrected chi connectivity index (χ2v) is 5.67. The first-order valence-corrected chi connectivity index (χ1v) is 7.45. The molecule has 2 rings (SSSR count). The SMILES string of the molecule is Cc1ccc(C#CCO)cc1C(=O)NC1CCSC1. The number of hydrogen-bond donors (Lipinski definition) is 2. The smallest absolute Gasteiger partial charge is 0.251 e. The lowest BCUT2D eigenvalue weighted by atomic mass is 10.0. The van der Waals surface area contributed by atoms with Gasteiger partial charge < -0.3 is 10.4 Å². The number of carbonyl (C=O) groups is 1. The molecule has 1 aliphatic heterocycles. The molecule has 0 aliphatic carbocycles. The molecule has 0 spiro atoms. The number of hydrogen-bond acceptors (Lipinski definition) is 3. The standard InChI is InChI=1S/C15H17NO2S/c1-11-4-5-12(3-2-7-17)9-14(11)15(18)16-13-6-8-19-10-13/h4-5,9,13,17H,6-8,10H2,1H3,(H,16,18). The predicted octanol–water partition coefficient (Wildman–Crippen LogP) is 1.57. The summed E-state index contributed by atoms with van der Waals surface area (Å²) in [6, 6.07) is 5.82. The molecule has 1 amide bonds. The molecule has 1 aliphatic rings. The number of thioether (sulfide) groups is 1. The Balaban J connectivity index is 2.15. The van der Waals surface area contributed by atoms with Crippen molar-refractivity contribution in [2.45, 2.75) is 19.4 Å². The molecule has 1 aromatic carbocycles. The van der Waals surface area contributed by atoms with Crippen molar-refractivity contribution in [2.24, 2.45) is 0 Å². The van der Waals surface area contributed by atoms with E-state index in [1.54, 1.807) is 6.07 Å². The molecule has 19 heavy (non-hydrogen) atoms. The van der Waals surface area contributed by atoms with Gasteiger partial charge in [0, 0.05) is 22.9 Å². The summed E-state index contributed by atoms with van der Waals surface area (Å²) in [4.78, 5) is 12.2. The molecule has 2 N–H and O–H groups in total. The average molecular weight is 275 g/mol. The van der Waals surface area contributed by atoms with E-state index in [1.807, 2.05) is 30.8 Å². The average Bonchev–Trinajstić information content (AvgIpc) is 2.90. The highest BCUT2D eigenvalue weighted by molar-refractivity contribution is 7.99. The monoisotopic (exact) mass is 275 g/mol. The second-order valence-electron chi connectivity index (χ2n) is 4.52. The summed E-state index contributed by atoms with van der Waals surface area (Å²) in [6.45, 7) is 1.75. The molecule has 0 radical (unpaired) electrons. The third-order valence-electron chi connectivity index (χ3n) is 3.06. The Morgan fingerprint density at radius 3 is 3.11 bits per heavy atom. The van der Waals surface area contributed by atoms with Gasteiger partial charge in [-0.1, -0.05) is 17.9 Å². The Hall–Kier alpha value is -1.44. The van der Waals surface area contributed by atoms with Crippen LogP contribution in [0.4, 0.5) is 0 Å². The van der Waals surface area contributed by atoms with E-state index in [9.17, 15) is 4.79 Å². The number of carbonyl (C=O) groups excluding carboxylic acids is 1. The lowest BCUT2D eigenvalue weighted by molar-refractivity contribution is 0.0940. The molecule has 1 heterocycles. The van der Waals surface area contributed by atoms with Crippen LogP contribution in [0, 0.1) is 18.8 Å². The fraction of sp³-hybridized carbons (Fsp3) is 0.400. The third kappa shape index (κ3) is 3.76. The maximum absolute atomic E-state index is 12.2. The van der Waals surface area contributed by atoms with E-state index in [2.05, 4.69) is 17.2 Å². The molecule has 1 saturated heterocycles. The van der Waals surface area contributed by atoms with Gasteiger partial charge in [-0.05, 0) is 36.8 Å². The minimum atomic E-state index is -0.172. The van der Waals surface area contributed by atoms with Crippen LogP contribution < -0.4 is 5.32 Å². The van der Waals surface area contributed by atoms with Gasteiger partial charge in [-0.25, -0.2) is 0 Å². The number of aryl methyl sites for hydroxylation is 1. The Kier molecular flexibility index (Phi) is 4.89. The second kappa shape index (κ2) is 6.65. The zero-order chi connectivity index (χ0) is 13.7. The van der Waals surface area contributed by atoms with Gasteiger partial charge >= 0.3 is 0 Å². The molecule has 0 bridgehead atoms. The Morgan fingerprint density at radius 2 is 2.42 bits per heavy atom. The molecular weight excluding hydrogens is 258 g/mol. The number of nitrogens with one attached hydrogen (secondary N) is 1. The maximum Gasteiger partial charge on any atom is 0.251 e. The topological polar surface area (TPSA) is 49.3 Å². The third-order valence-corrected chi connectivity index (χ3v) is 4.22. The van der Waals surface area contributed by atoms with Gasteiger partial charge in [0.2, 0.25) is 0 Å². The van der Waals surface area contributed by atoms with Crippen LogP contribution in [-0.2, 0) is 0 Å². The number of amides is 1. The van der Waals surface area contributed by atoms with Crippen molar-refractivity contribution in [3.8, 4) is 11.8 Å². The van der Waals surface area contributed by atoms with E-state index in [-0.39, 0.29) is 18.6 Å². The van der Waals surface area contributed by atoms with Crippen LogP contribution >= 0.6 is 11.8 Å². The van der Waals surface area contributed by atoms with Crippen LogP contribution in [0.1, 0.15) is 27.9 Å². The van der Waals surface area contributed by atoms with Gasteiger partial charge in [0.05, 0.1) is 0 Å². The minimum absolute atomic E-state index is 0.0300. The minimum Gasteiger partial charge on any atom is -0.384 e. The molecule has 100 valence electrons. The van der Waals surface area contributed by atoms with Gasteiger partial charge in [0.15, 0.2) is 0 Å². The van der Waals surface area contributed by atoms with Crippen LogP contribution in [0.3, 0.4) is 0 Å². The Bertz CT molecular complexity index is 525. The molecular formula is C15H17NO2S. The van der Waals surface area contributed by atoms with Crippen LogP contribution in [0.2, 0.25) is 0 Å². The molecule has 4 heteroatoms. The van der Waals surface area contributed by atoms with Gasteiger partial charge in [0.1, 0.15) is 6.61 Å². The summed E-state index contributed by atoms with van der Waals surface area (Å²) < 4.78 is 0. The highest BCUT2D eigenvalue weighted by atomic mass is 32.2. The van der Waals surface area contributed by atoms with Crippen molar-refractivity contribution >= 4 is 17.7 Å². The van der Waals surface area contributed by atoms with Gasteiger partial charge in [-0.15, -0.1) is 0 Å². The molecule has 0 saturated carbocycles. The summed E-state index contributed by atoms with van der Waals surface area (Å²) in [5.41, 5.74) is 2.37. The molecule has 1 unspecified atom stereocenters. The van der Waals surface area contributed by atoms with Crippen molar-refractivity contribution in [3.63, 3.8) is 0 Å². The van der Waals surface area contributed by atoms with Crippen LogP contribution in [0.15, 0.2) is 18.2 Å². The quantitative estimate of drug-likeness (QED) is 0.806. The van der Waals surface area contributed by atoms with Crippen molar-refractivity contribution in [3.05, 3.63) is 34.9 Å². The van der Waals surface area contributed by atoms with Gasteiger partial charge in [-0.3, -0.25) is 4.79 Å². The highest BCUT2D eigenvalue weighted by Gasteiger charge is 2.19. The molecule has 3 nitrogen and oxygen atoms in total. The lowest BCUT2D eigenvalue weighted by Gasteiger charge is -2.13. The fourth-order valence-corrected chi connectivity index (χ4v) is 3.15. The number of aliphatic hydroxyl groups excluding tert-OH is 1. The zero-order valence-electron chi connectivity index (χ0n) is 10.9. The Labute approximate surface area is 117 Å². The van der Waals surface area contributed by atoms with Crippen molar-refractivity contribution in [1.29, 1.82) is 0 Å². The van der Waals surface area contributed by atoms with Crippen molar-refractivity contribution in [2.75, 3.05) is 18.1 Å². The van der Waals surface area contributed by atoms with E-state index in [1.165, 1.54) is 0 Å². The van der Waals surface area contributed by atoms with Crippen molar-refractivity contribution < 1.29 is 9.90 Å². The molecule has 1 fully saturated rings. The first-order chi connectivity index (χ1) is 9.20. The lowest BCUT2D eigenvalue weighted by Crippen LogP contribution is -2.35. The summed E-state index contributed by atoms with van der Waals surface area (Å²) in [6.07, 6.45) is 1.04. The Morgan fingerprint density at radius 1 is 1.58 bits per heavy atom. The largest absolute Gasteiger partial charge is 0.384 e. The first-order valence-electron chi connectivity index (χ1n) is 6.29. The van der Waals surface area contributed by atoms with Crippen LogP contribution in [0.5, 0.6) is 0 Å². The summed E-state index contributed by atoms with van der Waals surface area (Å²) in [5, 5.41) is 11.8. The summed E-state index contributed by atoms with van der Waals surface area (Å²) >= 11 is 1.87. The predicted molar refractivity (Wildman–Crippen MR) is 78.3 cm³/mol. The molecule has 1 atom stereocenters. The van der Waals surface area contributed by atoms with E-state index in [0.717, 1.165) is 29.1 Å². The van der Waals surface area contributed by atoms with E-state index in [4.69, 9.17) is 5.11 Å². The molecule has 0 aromatic heterocycles. The van der Waals surface area contributed by atoms with Gasteiger partial charge in [-0.2, -0.15) is 11.8 Å². The van der Waals surface area contributed by atoms with Crippen LogP contribution in [-0.4, -0.2) is 35.2 Å². The summed E-state index contributed by atoms with van der Waals surface area (Å²) in [7, 11) is 0. The van der Waals surface area contributed by atoms with Crippen LogP contribution in [0.25, 0.3) is 0 Å². The fourth-order valence-electron chi connectivity index (χ4n) is 2.00. The number of benzene rings is 1. The highest BCUT2D eigenvalue weighted by Crippen LogP contribution is 2.18. The first kappa shape index (κ1) is 14.0. The zero-order valence-corrected chi connectivity index (χ0v) is 11.7. The molecule has 1 aromatic rings. The van der Waals surface area contributed by atoms with Gasteiger partial charge in [0.25, 0.3) is 5.91 Å². The van der Waals surface area contributed by atoms with E-state index < -0.39 is 0 Å². The number of aliphatic hydroxyl groups is 1. The van der Waals surface area contributed by atoms with E-state index in [0.29, 0.717) is 5.56 Å². The maximum atomic E-state index is 12.2.